The SMILES string of the molecule is O=C1c2ccccc2OC2(c3ccc(Cl)cc3)OC12. The standard InChI is InChI=1S/C15H9ClO3/c16-10-7-5-9(6-8-10)15-14(19-15)13(17)11-3-1-2-4-12(11)18-15/h1-8,14H. The van der Waals surface area contributed by atoms with E-state index in [0.29, 0.717) is 16.3 Å². The van der Waals surface area contributed by atoms with Crippen LogP contribution in [-0.4, -0.2) is 11.9 Å². The van der Waals surface area contributed by atoms with Gasteiger partial charge in [0.1, 0.15) is 5.75 Å². The number of carbonyl (C=O) groups is 1. The first-order valence-electron chi connectivity index (χ1n) is 5.97. The topological polar surface area (TPSA) is 38.8 Å². The molecule has 0 bridgehead atoms. The largest absolute Gasteiger partial charge is 0.454 e. The van der Waals surface area contributed by atoms with Crippen LogP contribution in [0, 0.1) is 0 Å². The van der Waals surface area contributed by atoms with E-state index in [1.807, 2.05) is 24.3 Å². The molecule has 0 spiro atoms. The van der Waals surface area contributed by atoms with Crippen LogP contribution in [0.5, 0.6) is 5.75 Å². The quantitative estimate of drug-likeness (QED) is 0.749. The summed E-state index contributed by atoms with van der Waals surface area (Å²) in [5.41, 5.74) is 1.39. The molecule has 2 aromatic rings. The molecule has 0 amide bonds. The van der Waals surface area contributed by atoms with Gasteiger partial charge in [-0.3, -0.25) is 4.79 Å². The fraction of sp³-hybridized carbons (Fsp3) is 0.133. The number of fused-ring (bicyclic) bond motifs is 2. The van der Waals surface area contributed by atoms with Crippen LogP contribution in [0.1, 0.15) is 15.9 Å². The maximum atomic E-state index is 12.3. The number of hydrogen-bond donors (Lipinski definition) is 0. The van der Waals surface area contributed by atoms with E-state index in [0.717, 1.165) is 5.56 Å². The molecule has 3 nitrogen and oxygen atoms in total. The molecule has 2 heterocycles. The van der Waals surface area contributed by atoms with E-state index in [1.54, 1.807) is 24.3 Å². The Bertz CT molecular complexity index is 680. The van der Waals surface area contributed by atoms with Crippen molar-refractivity contribution in [1.29, 1.82) is 0 Å². The molecule has 1 saturated heterocycles. The van der Waals surface area contributed by atoms with Crippen LogP contribution in [-0.2, 0) is 10.5 Å². The summed E-state index contributed by atoms with van der Waals surface area (Å²) in [7, 11) is 0. The first-order chi connectivity index (χ1) is 9.21. The number of hydrogen-bond acceptors (Lipinski definition) is 3. The molecule has 2 unspecified atom stereocenters. The Labute approximate surface area is 114 Å². The molecule has 2 aliphatic heterocycles. The van der Waals surface area contributed by atoms with Crippen LogP contribution in [0.4, 0.5) is 0 Å². The summed E-state index contributed by atoms with van der Waals surface area (Å²) in [6, 6.07) is 14.4. The van der Waals surface area contributed by atoms with E-state index in [9.17, 15) is 4.79 Å². The van der Waals surface area contributed by atoms with Gasteiger partial charge in [-0.2, -0.15) is 0 Å². The Balaban J connectivity index is 1.81. The summed E-state index contributed by atoms with van der Waals surface area (Å²) >= 11 is 5.87. The van der Waals surface area contributed by atoms with Crippen LogP contribution >= 0.6 is 11.6 Å². The number of carbonyl (C=O) groups excluding carboxylic acids is 1. The van der Waals surface area contributed by atoms with Gasteiger partial charge in [0.05, 0.1) is 5.56 Å². The number of para-hydroxylation sites is 1. The Morgan fingerprint density at radius 3 is 2.58 bits per heavy atom. The summed E-state index contributed by atoms with van der Waals surface area (Å²) in [4.78, 5) is 12.3. The monoisotopic (exact) mass is 272 g/mol. The minimum Gasteiger partial charge on any atom is -0.454 e. The second-order valence-corrected chi connectivity index (χ2v) is 5.07. The lowest BCUT2D eigenvalue weighted by atomic mass is 9.96. The summed E-state index contributed by atoms with van der Waals surface area (Å²) in [5, 5.41) is 0.639. The third-order valence-electron chi connectivity index (χ3n) is 3.48. The molecular weight excluding hydrogens is 264 g/mol. The Morgan fingerprint density at radius 2 is 1.79 bits per heavy atom. The molecule has 94 valence electrons. The Morgan fingerprint density at radius 1 is 1.05 bits per heavy atom. The number of rotatable bonds is 1. The van der Waals surface area contributed by atoms with Crippen molar-refractivity contribution >= 4 is 17.4 Å². The maximum absolute atomic E-state index is 12.3. The number of Topliss-reactive ketones (excluding diaryl/α,β-unsaturated/α-hetero) is 1. The van der Waals surface area contributed by atoms with Crippen LogP contribution in [0.25, 0.3) is 0 Å². The fourth-order valence-electron chi connectivity index (χ4n) is 2.47. The summed E-state index contributed by atoms with van der Waals surface area (Å²) in [5.74, 6) is -0.427. The first-order valence-corrected chi connectivity index (χ1v) is 6.35. The highest BCUT2D eigenvalue weighted by Crippen LogP contribution is 2.53. The van der Waals surface area contributed by atoms with Gasteiger partial charge in [-0.25, -0.2) is 0 Å². The predicted octanol–water partition coefficient (Wildman–Crippen LogP) is 3.17. The van der Waals surface area contributed by atoms with Crippen LogP contribution in [0.15, 0.2) is 48.5 Å². The summed E-state index contributed by atoms with van der Waals surface area (Å²) in [6.45, 7) is 0. The molecule has 19 heavy (non-hydrogen) atoms. The molecule has 2 aliphatic rings. The van der Waals surface area contributed by atoms with Gasteiger partial charge in [0.2, 0.25) is 5.78 Å². The molecule has 2 atom stereocenters. The highest BCUT2D eigenvalue weighted by molar-refractivity contribution is 6.30. The molecule has 1 fully saturated rings. The third kappa shape index (κ3) is 1.46. The van der Waals surface area contributed by atoms with Crippen molar-refractivity contribution in [2.75, 3.05) is 0 Å². The average Bonchev–Trinajstić information content (AvgIpc) is 3.16. The minimum atomic E-state index is -0.962. The lowest BCUT2D eigenvalue weighted by molar-refractivity contribution is 0.0571. The molecule has 0 saturated carbocycles. The van der Waals surface area contributed by atoms with Gasteiger partial charge in [-0.05, 0) is 24.3 Å². The van der Waals surface area contributed by atoms with E-state index < -0.39 is 11.9 Å². The molecule has 0 radical (unpaired) electrons. The van der Waals surface area contributed by atoms with Crippen LogP contribution in [0.3, 0.4) is 0 Å². The van der Waals surface area contributed by atoms with Gasteiger partial charge >= 0.3 is 0 Å². The predicted molar refractivity (Wildman–Crippen MR) is 69.4 cm³/mol. The van der Waals surface area contributed by atoms with Gasteiger partial charge in [-0.15, -0.1) is 0 Å². The van der Waals surface area contributed by atoms with Crippen molar-refractivity contribution in [2.45, 2.75) is 11.9 Å². The van der Waals surface area contributed by atoms with Crippen molar-refractivity contribution in [2.24, 2.45) is 0 Å². The molecule has 0 aromatic heterocycles. The van der Waals surface area contributed by atoms with Gasteiger partial charge in [0, 0.05) is 10.6 Å². The maximum Gasteiger partial charge on any atom is 0.272 e. The average molecular weight is 273 g/mol. The molecule has 0 N–H and O–H groups in total. The lowest BCUT2D eigenvalue weighted by Crippen LogP contribution is -2.30. The number of halogens is 1. The molecule has 2 aromatic carbocycles. The number of ketones is 1. The lowest BCUT2D eigenvalue weighted by Gasteiger charge is -2.21. The number of benzene rings is 2. The molecular formula is C15H9ClO3. The van der Waals surface area contributed by atoms with E-state index in [2.05, 4.69) is 0 Å². The van der Waals surface area contributed by atoms with Gasteiger partial charge in [-0.1, -0.05) is 35.9 Å². The highest BCUT2D eigenvalue weighted by atomic mass is 35.5. The molecule has 0 aliphatic carbocycles. The second kappa shape index (κ2) is 3.59. The van der Waals surface area contributed by atoms with Crippen molar-refractivity contribution < 1.29 is 14.3 Å². The van der Waals surface area contributed by atoms with Crippen molar-refractivity contribution in [3.8, 4) is 5.75 Å². The van der Waals surface area contributed by atoms with Crippen molar-refractivity contribution in [1.82, 2.24) is 0 Å². The van der Waals surface area contributed by atoms with Gasteiger partial charge in [0.25, 0.3) is 5.79 Å². The van der Waals surface area contributed by atoms with Crippen molar-refractivity contribution in [3.05, 3.63) is 64.7 Å². The normalized spacial score (nSPS) is 27.2. The zero-order chi connectivity index (χ0) is 13.0. The van der Waals surface area contributed by atoms with E-state index in [1.165, 1.54) is 0 Å². The van der Waals surface area contributed by atoms with Crippen LogP contribution < -0.4 is 4.74 Å². The van der Waals surface area contributed by atoms with E-state index in [-0.39, 0.29) is 5.78 Å². The van der Waals surface area contributed by atoms with Gasteiger partial charge < -0.3 is 9.47 Å². The second-order valence-electron chi connectivity index (χ2n) is 4.63. The smallest absolute Gasteiger partial charge is 0.272 e. The van der Waals surface area contributed by atoms with E-state index in [4.69, 9.17) is 21.1 Å². The first kappa shape index (κ1) is 11.0. The van der Waals surface area contributed by atoms with Crippen molar-refractivity contribution in [3.63, 3.8) is 0 Å². The Hall–Kier alpha value is -1.84. The van der Waals surface area contributed by atoms with E-state index >= 15 is 0 Å². The Kier molecular flexibility index (Phi) is 2.08. The van der Waals surface area contributed by atoms with Crippen LogP contribution in [0.2, 0.25) is 5.02 Å². The third-order valence-corrected chi connectivity index (χ3v) is 3.73. The number of epoxide rings is 1. The zero-order valence-electron chi connectivity index (χ0n) is 9.80. The number of ether oxygens (including phenoxy) is 2. The molecule has 4 rings (SSSR count). The minimum absolute atomic E-state index is 0.0307. The van der Waals surface area contributed by atoms with Gasteiger partial charge in [0.15, 0.2) is 6.10 Å². The highest BCUT2D eigenvalue weighted by Gasteiger charge is 2.67. The fourth-order valence-corrected chi connectivity index (χ4v) is 2.60. The summed E-state index contributed by atoms with van der Waals surface area (Å²) < 4.78 is 11.5. The molecule has 4 heteroatoms. The zero-order valence-corrected chi connectivity index (χ0v) is 10.6. The summed E-state index contributed by atoms with van der Waals surface area (Å²) in [6.07, 6.45) is -0.552.